The maximum Gasteiger partial charge on any atom is 0.243 e. The van der Waals surface area contributed by atoms with E-state index >= 15 is 0 Å². The van der Waals surface area contributed by atoms with Crippen molar-refractivity contribution in [2.24, 2.45) is 0 Å². The summed E-state index contributed by atoms with van der Waals surface area (Å²) in [5.74, 6) is -0.802. The summed E-state index contributed by atoms with van der Waals surface area (Å²) in [4.78, 5) is 14.1. The molecule has 0 saturated carbocycles. The first-order valence-electron chi connectivity index (χ1n) is 18.4. The molecule has 20 heteroatoms. The second kappa shape index (κ2) is 19.6. The molecule has 2 aliphatic heterocycles. The number of piperazine rings is 2. The molecular formula is C40H36Br2Cl2F2N6O4S4. The zero-order chi connectivity index (χ0) is 42.6. The quantitative estimate of drug-likeness (QED) is 0.134. The SMILES string of the molecule is O=S(=O)(c1ccc(Br)cc1)N1CCN(c2nc(Cc3cc(F)cc(Cl)c3)cs2)CC1.O=S(=O)(c1ccc(Br)cc1)N1CCN(c2nc(Cc3ccc(Cl)c(F)c3)cs2)CC1. The van der Waals surface area contributed by atoms with Gasteiger partial charge in [0.1, 0.15) is 11.6 Å². The molecule has 2 aromatic heterocycles. The summed E-state index contributed by atoms with van der Waals surface area (Å²) < 4.78 is 83.2. The van der Waals surface area contributed by atoms with Crippen LogP contribution in [0.15, 0.2) is 114 Å². The van der Waals surface area contributed by atoms with Crippen molar-refractivity contribution in [3.63, 3.8) is 0 Å². The fraction of sp³-hybridized carbons (Fsp3) is 0.250. The van der Waals surface area contributed by atoms with Crippen LogP contribution in [-0.2, 0) is 32.9 Å². The number of nitrogens with zero attached hydrogens (tertiary/aromatic N) is 6. The highest BCUT2D eigenvalue weighted by Crippen LogP contribution is 2.29. The van der Waals surface area contributed by atoms with E-state index in [1.54, 1.807) is 66.7 Å². The zero-order valence-electron chi connectivity index (χ0n) is 31.5. The van der Waals surface area contributed by atoms with Crippen LogP contribution in [0.25, 0.3) is 0 Å². The van der Waals surface area contributed by atoms with E-state index in [0.29, 0.717) is 80.0 Å². The molecule has 2 fully saturated rings. The molecule has 2 saturated heterocycles. The highest BCUT2D eigenvalue weighted by Gasteiger charge is 2.31. The number of benzene rings is 4. The highest BCUT2D eigenvalue weighted by molar-refractivity contribution is 9.10. The van der Waals surface area contributed by atoms with Crippen LogP contribution >= 0.6 is 77.7 Å². The summed E-state index contributed by atoms with van der Waals surface area (Å²) in [5, 5.41) is 6.05. The lowest BCUT2D eigenvalue weighted by Crippen LogP contribution is -2.48. The Labute approximate surface area is 382 Å². The van der Waals surface area contributed by atoms with Gasteiger partial charge >= 0.3 is 0 Å². The molecule has 4 heterocycles. The van der Waals surface area contributed by atoms with Crippen LogP contribution in [0.2, 0.25) is 10.0 Å². The lowest BCUT2D eigenvalue weighted by Gasteiger charge is -2.33. The number of hydrogen-bond acceptors (Lipinski definition) is 10. The third kappa shape index (κ3) is 11.1. The van der Waals surface area contributed by atoms with E-state index in [-0.39, 0.29) is 10.8 Å². The molecule has 0 N–H and O–H groups in total. The molecule has 4 aromatic carbocycles. The Bertz CT molecular complexity index is 2640. The molecule has 0 bridgehead atoms. The number of hydrogen-bond donors (Lipinski definition) is 0. The van der Waals surface area contributed by atoms with Crippen molar-refractivity contribution >= 4 is 108 Å². The number of aromatic nitrogens is 2. The Kier molecular flexibility index (Phi) is 14.7. The first-order valence-corrected chi connectivity index (χ1v) is 25.4. The summed E-state index contributed by atoms with van der Waals surface area (Å²) in [6.07, 6.45) is 1.01. The Hall–Kier alpha value is -3.04. The first-order chi connectivity index (χ1) is 28.6. The summed E-state index contributed by atoms with van der Waals surface area (Å²) in [6, 6.07) is 22.6. The van der Waals surface area contributed by atoms with Crippen LogP contribution in [0.5, 0.6) is 0 Å². The molecule has 0 amide bonds. The smallest absolute Gasteiger partial charge is 0.243 e. The van der Waals surface area contributed by atoms with Gasteiger partial charge in [0, 0.05) is 89.9 Å². The molecule has 0 unspecified atom stereocenters. The van der Waals surface area contributed by atoms with Gasteiger partial charge in [-0.15, -0.1) is 22.7 Å². The number of sulfonamides is 2. The van der Waals surface area contributed by atoms with Crippen LogP contribution in [0.4, 0.5) is 19.0 Å². The van der Waals surface area contributed by atoms with Crippen LogP contribution in [-0.4, -0.2) is 87.8 Å². The monoisotopic (exact) mass is 1060 g/mol. The Morgan fingerprint density at radius 3 is 1.47 bits per heavy atom. The summed E-state index contributed by atoms with van der Waals surface area (Å²) >= 11 is 21.3. The first kappa shape index (κ1) is 45.0. The van der Waals surface area contributed by atoms with Crippen molar-refractivity contribution in [2.45, 2.75) is 22.6 Å². The minimum Gasteiger partial charge on any atom is -0.345 e. The van der Waals surface area contributed by atoms with Gasteiger partial charge in [0.15, 0.2) is 10.3 Å². The van der Waals surface area contributed by atoms with Crippen molar-refractivity contribution in [3.8, 4) is 0 Å². The Morgan fingerprint density at radius 2 is 1.03 bits per heavy atom. The van der Waals surface area contributed by atoms with Crippen molar-refractivity contribution in [1.29, 1.82) is 0 Å². The minimum absolute atomic E-state index is 0.105. The normalized spacial score (nSPS) is 15.5. The van der Waals surface area contributed by atoms with Gasteiger partial charge in [-0.3, -0.25) is 0 Å². The number of anilines is 2. The van der Waals surface area contributed by atoms with E-state index in [9.17, 15) is 25.6 Å². The van der Waals surface area contributed by atoms with E-state index in [1.165, 1.54) is 49.5 Å². The molecule has 316 valence electrons. The van der Waals surface area contributed by atoms with E-state index < -0.39 is 25.9 Å². The molecule has 2 aliphatic rings. The van der Waals surface area contributed by atoms with Crippen LogP contribution < -0.4 is 9.80 Å². The van der Waals surface area contributed by atoms with E-state index in [0.717, 1.165) is 41.7 Å². The van der Waals surface area contributed by atoms with Gasteiger partial charge in [-0.05, 0) is 90.0 Å². The van der Waals surface area contributed by atoms with Crippen LogP contribution in [0, 0.1) is 11.6 Å². The average molecular weight is 1060 g/mol. The van der Waals surface area contributed by atoms with Gasteiger partial charge in [0.25, 0.3) is 0 Å². The van der Waals surface area contributed by atoms with Crippen molar-refractivity contribution in [1.82, 2.24) is 18.6 Å². The summed E-state index contributed by atoms with van der Waals surface area (Å²) in [7, 11) is -7.01. The van der Waals surface area contributed by atoms with Gasteiger partial charge in [-0.25, -0.2) is 35.6 Å². The molecule has 0 spiro atoms. The number of rotatable bonds is 10. The number of thiazole rings is 2. The van der Waals surface area contributed by atoms with Gasteiger partial charge in [-0.1, -0.05) is 61.1 Å². The third-order valence-electron chi connectivity index (χ3n) is 9.68. The molecule has 10 nitrogen and oxygen atoms in total. The second-order valence-electron chi connectivity index (χ2n) is 13.8. The lowest BCUT2D eigenvalue weighted by molar-refractivity contribution is 0.384. The number of halogens is 6. The summed E-state index contributed by atoms with van der Waals surface area (Å²) in [5.41, 5.74) is 3.25. The van der Waals surface area contributed by atoms with Crippen LogP contribution in [0.1, 0.15) is 22.5 Å². The van der Waals surface area contributed by atoms with Crippen molar-refractivity contribution in [3.05, 3.63) is 149 Å². The van der Waals surface area contributed by atoms with Gasteiger partial charge in [0.2, 0.25) is 20.0 Å². The van der Waals surface area contributed by atoms with Gasteiger partial charge in [-0.2, -0.15) is 8.61 Å². The lowest BCUT2D eigenvalue weighted by atomic mass is 10.1. The molecule has 0 aliphatic carbocycles. The zero-order valence-corrected chi connectivity index (χ0v) is 39.5. The van der Waals surface area contributed by atoms with Gasteiger partial charge in [0.05, 0.1) is 26.2 Å². The maximum absolute atomic E-state index is 13.6. The molecule has 60 heavy (non-hydrogen) atoms. The van der Waals surface area contributed by atoms with Crippen LogP contribution in [0.3, 0.4) is 0 Å². The summed E-state index contributed by atoms with van der Waals surface area (Å²) in [6.45, 7) is 3.85. The molecule has 0 radical (unpaired) electrons. The van der Waals surface area contributed by atoms with E-state index in [4.69, 9.17) is 23.2 Å². The average Bonchev–Trinajstić information content (AvgIpc) is 3.90. The molecule has 8 rings (SSSR count). The maximum atomic E-state index is 13.6. The Morgan fingerprint density at radius 1 is 0.583 bits per heavy atom. The highest BCUT2D eigenvalue weighted by atomic mass is 79.9. The largest absolute Gasteiger partial charge is 0.345 e. The molecular weight excluding hydrogens is 1030 g/mol. The molecule has 6 aromatic rings. The predicted molar refractivity (Wildman–Crippen MR) is 243 cm³/mol. The predicted octanol–water partition coefficient (Wildman–Crippen LogP) is 9.60. The Balaban J connectivity index is 0.000000181. The fourth-order valence-electron chi connectivity index (χ4n) is 6.58. The van der Waals surface area contributed by atoms with E-state index in [2.05, 4.69) is 51.6 Å². The topological polar surface area (TPSA) is 107 Å². The van der Waals surface area contributed by atoms with Crippen molar-refractivity contribution < 1.29 is 25.6 Å². The second-order valence-corrected chi connectivity index (χ2v) is 22.0. The molecule has 0 atom stereocenters. The van der Waals surface area contributed by atoms with Gasteiger partial charge < -0.3 is 9.80 Å². The van der Waals surface area contributed by atoms with Crippen molar-refractivity contribution in [2.75, 3.05) is 62.2 Å². The standard InChI is InChI=1S/2C20H18BrClFN3O2S2/c21-15-2-4-17(5-3-15)30(27,28)26-9-7-25(8-10-26)20-24-16(13-29-20)11-14-1-6-18(22)19(23)12-14;21-15-1-3-19(4-2-15)30(27,28)26-7-5-25(6-8-26)20-24-18(13-29-20)11-14-9-16(22)12-17(23)10-14/h1-6,12-13H,7-11H2;1-4,9-10,12-13H,5-8,11H2. The fourth-order valence-corrected chi connectivity index (χ4v) is 12.1. The third-order valence-corrected chi connectivity index (χ3v) is 17.0. The minimum atomic E-state index is -3.51. The van der Waals surface area contributed by atoms with E-state index in [1.807, 2.05) is 10.8 Å².